The molecule has 0 radical (unpaired) electrons. The molecule has 0 spiro atoms. The second-order valence-electron chi connectivity index (χ2n) is 4.41. The fourth-order valence-corrected chi connectivity index (χ4v) is 2.84. The van der Waals surface area contributed by atoms with Crippen LogP contribution in [0.15, 0.2) is 24.2 Å². The molecule has 0 aromatic carbocycles. The predicted octanol–water partition coefficient (Wildman–Crippen LogP) is 0.130. The number of rotatable bonds is 4. The van der Waals surface area contributed by atoms with Crippen LogP contribution in [0.5, 0.6) is 0 Å². The molecule has 1 aliphatic rings. The van der Waals surface area contributed by atoms with Gasteiger partial charge < -0.3 is 10.2 Å². The van der Waals surface area contributed by atoms with Crippen molar-refractivity contribution in [3.63, 3.8) is 0 Å². The van der Waals surface area contributed by atoms with E-state index in [1.807, 2.05) is 5.38 Å². The summed E-state index contributed by atoms with van der Waals surface area (Å²) in [5, 5.41) is 9.91. The Labute approximate surface area is 114 Å². The highest BCUT2D eigenvalue weighted by atomic mass is 32.1. The van der Waals surface area contributed by atoms with E-state index in [-0.39, 0.29) is 18.5 Å². The van der Waals surface area contributed by atoms with Gasteiger partial charge in [-0.3, -0.25) is 4.79 Å². The quantitative estimate of drug-likeness (QED) is 0.860. The first kappa shape index (κ1) is 12.1. The molecule has 1 fully saturated rings. The van der Waals surface area contributed by atoms with E-state index in [1.165, 1.54) is 17.3 Å². The summed E-state index contributed by atoms with van der Waals surface area (Å²) in [4.78, 5) is 22.1. The molecular weight excluding hydrogens is 264 g/mol. The molecule has 1 saturated heterocycles. The molecule has 0 bridgehead atoms. The minimum Gasteiger partial charge on any atom is -0.350 e. The zero-order chi connectivity index (χ0) is 13.1. The van der Waals surface area contributed by atoms with E-state index in [1.54, 1.807) is 17.5 Å². The first-order valence-corrected chi connectivity index (χ1v) is 6.95. The van der Waals surface area contributed by atoms with E-state index in [4.69, 9.17) is 0 Å². The number of carbonyl (C=O) groups excluding carboxylic acids is 1. The SMILES string of the molecule is O=C(Cn1cncn1)NC1CCN(c2nccs2)C1. The summed E-state index contributed by atoms with van der Waals surface area (Å²) in [6.45, 7) is 1.96. The molecule has 2 aromatic heterocycles. The lowest BCUT2D eigenvalue weighted by atomic mass is 10.2. The summed E-state index contributed by atoms with van der Waals surface area (Å²) in [5.74, 6) is -0.0310. The van der Waals surface area contributed by atoms with Crippen LogP contribution in [0.2, 0.25) is 0 Å². The lowest BCUT2D eigenvalue weighted by molar-refractivity contribution is -0.122. The van der Waals surface area contributed by atoms with Gasteiger partial charge in [0.15, 0.2) is 5.13 Å². The van der Waals surface area contributed by atoms with Crippen molar-refractivity contribution in [2.75, 3.05) is 18.0 Å². The summed E-state index contributed by atoms with van der Waals surface area (Å²) >= 11 is 1.62. The monoisotopic (exact) mass is 278 g/mol. The highest BCUT2D eigenvalue weighted by Crippen LogP contribution is 2.22. The molecular formula is C11H14N6OS. The molecule has 0 saturated carbocycles. The van der Waals surface area contributed by atoms with Gasteiger partial charge >= 0.3 is 0 Å². The van der Waals surface area contributed by atoms with Gasteiger partial charge in [-0.05, 0) is 6.42 Å². The number of thiazole rings is 1. The Bertz CT molecular complexity index is 525. The average molecular weight is 278 g/mol. The Morgan fingerprint density at radius 1 is 1.58 bits per heavy atom. The number of anilines is 1. The second-order valence-corrected chi connectivity index (χ2v) is 5.28. The van der Waals surface area contributed by atoms with Gasteiger partial charge in [-0.25, -0.2) is 14.6 Å². The maximum Gasteiger partial charge on any atom is 0.242 e. The first-order chi connectivity index (χ1) is 9.31. The number of nitrogens with one attached hydrogen (secondary N) is 1. The number of hydrogen-bond acceptors (Lipinski definition) is 6. The third-order valence-corrected chi connectivity index (χ3v) is 3.85. The number of amides is 1. The smallest absolute Gasteiger partial charge is 0.242 e. The Hall–Kier alpha value is -1.96. The summed E-state index contributed by atoms with van der Waals surface area (Å²) in [6.07, 6.45) is 5.71. The maximum absolute atomic E-state index is 11.8. The number of carbonyl (C=O) groups is 1. The van der Waals surface area contributed by atoms with Crippen molar-refractivity contribution in [2.45, 2.75) is 19.0 Å². The zero-order valence-electron chi connectivity index (χ0n) is 10.3. The standard InChI is InChI=1S/C11H14N6OS/c18-10(6-17-8-12-7-14-17)15-9-1-3-16(5-9)11-13-2-4-19-11/h2,4,7-9H,1,3,5-6H2,(H,15,18). The van der Waals surface area contributed by atoms with E-state index in [0.29, 0.717) is 0 Å². The van der Waals surface area contributed by atoms with Crippen LogP contribution in [-0.2, 0) is 11.3 Å². The van der Waals surface area contributed by atoms with Crippen molar-refractivity contribution in [1.82, 2.24) is 25.1 Å². The Morgan fingerprint density at radius 2 is 2.53 bits per heavy atom. The van der Waals surface area contributed by atoms with Crippen LogP contribution in [0.3, 0.4) is 0 Å². The van der Waals surface area contributed by atoms with Gasteiger partial charge in [-0.15, -0.1) is 11.3 Å². The number of hydrogen-bond donors (Lipinski definition) is 1. The first-order valence-electron chi connectivity index (χ1n) is 6.07. The lowest BCUT2D eigenvalue weighted by Gasteiger charge is -2.15. The van der Waals surface area contributed by atoms with Crippen molar-refractivity contribution in [1.29, 1.82) is 0 Å². The van der Waals surface area contributed by atoms with Gasteiger partial charge in [-0.2, -0.15) is 5.10 Å². The molecule has 1 aliphatic heterocycles. The largest absolute Gasteiger partial charge is 0.350 e. The highest BCUT2D eigenvalue weighted by Gasteiger charge is 2.25. The Kier molecular flexibility index (Phi) is 3.41. The zero-order valence-corrected chi connectivity index (χ0v) is 11.1. The van der Waals surface area contributed by atoms with Gasteiger partial charge in [-0.1, -0.05) is 0 Å². The van der Waals surface area contributed by atoms with Crippen LogP contribution in [0.1, 0.15) is 6.42 Å². The van der Waals surface area contributed by atoms with Crippen molar-refractivity contribution in [2.24, 2.45) is 0 Å². The highest BCUT2D eigenvalue weighted by molar-refractivity contribution is 7.13. The number of aromatic nitrogens is 4. The predicted molar refractivity (Wildman–Crippen MR) is 70.9 cm³/mol. The van der Waals surface area contributed by atoms with E-state index in [2.05, 4.69) is 25.3 Å². The minimum atomic E-state index is -0.0310. The minimum absolute atomic E-state index is 0.0310. The van der Waals surface area contributed by atoms with Crippen molar-refractivity contribution < 1.29 is 4.79 Å². The van der Waals surface area contributed by atoms with Crippen LogP contribution in [0, 0.1) is 0 Å². The van der Waals surface area contributed by atoms with E-state index in [0.717, 1.165) is 24.6 Å². The molecule has 3 rings (SSSR count). The average Bonchev–Trinajstić information content (AvgIpc) is 3.09. The van der Waals surface area contributed by atoms with Gasteiger partial charge in [0.2, 0.25) is 5.91 Å². The van der Waals surface area contributed by atoms with Crippen molar-refractivity contribution in [3.8, 4) is 0 Å². The van der Waals surface area contributed by atoms with Crippen LogP contribution in [0.4, 0.5) is 5.13 Å². The van der Waals surface area contributed by atoms with Gasteiger partial charge in [0.1, 0.15) is 19.2 Å². The molecule has 7 nitrogen and oxygen atoms in total. The molecule has 100 valence electrons. The molecule has 8 heteroatoms. The van der Waals surface area contributed by atoms with E-state index >= 15 is 0 Å². The summed E-state index contributed by atoms with van der Waals surface area (Å²) in [5.41, 5.74) is 0. The summed E-state index contributed by atoms with van der Waals surface area (Å²) in [6, 6.07) is 0.180. The molecule has 1 amide bonds. The van der Waals surface area contributed by atoms with Gasteiger partial charge in [0.05, 0.1) is 0 Å². The van der Waals surface area contributed by atoms with Gasteiger partial charge in [0.25, 0.3) is 0 Å². The molecule has 19 heavy (non-hydrogen) atoms. The molecule has 0 aliphatic carbocycles. The van der Waals surface area contributed by atoms with E-state index < -0.39 is 0 Å². The van der Waals surface area contributed by atoms with Crippen molar-refractivity contribution in [3.05, 3.63) is 24.2 Å². The summed E-state index contributed by atoms with van der Waals surface area (Å²) in [7, 11) is 0. The third-order valence-electron chi connectivity index (χ3n) is 3.02. The Balaban J connectivity index is 1.50. The molecule has 3 heterocycles. The van der Waals surface area contributed by atoms with Crippen LogP contribution in [-0.4, -0.2) is 44.8 Å². The fourth-order valence-electron chi connectivity index (χ4n) is 2.16. The molecule has 1 atom stereocenters. The third kappa shape index (κ3) is 2.90. The molecule has 2 aromatic rings. The van der Waals surface area contributed by atoms with Crippen LogP contribution in [0.25, 0.3) is 0 Å². The van der Waals surface area contributed by atoms with E-state index in [9.17, 15) is 4.79 Å². The lowest BCUT2D eigenvalue weighted by Crippen LogP contribution is -2.39. The normalized spacial score (nSPS) is 18.7. The summed E-state index contributed by atoms with van der Waals surface area (Å²) < 4.78 is 1.52. The fraction of sp³-hybridized carbons (Fsp3) is 0.455. The molecule has 1 unspecified atom stereocenters. The second kappa shape index (κ2) is 5.35. The molecule has 1 N–H and O–H groups in total. The maximum atomic E-state index is 11.8. The van der Waals surface area contributed by atoms with Crippen LogP contribution < -0.4 is 10.2 Å². The number of nitrogens with zero attached hydrogens (tertiary/aromatic N) is 5. The van der Waals surface area contributed by atoms with Gasteiger partial charge in [0, 0.05) is 30.7 Å². The Morgan fingerprint density at radius 3 is 3.26 bits per heavy atom. The van der Waals surface area contributed by atoms with Crippen LogP contribution >= 0.6 is 11.3 Å². The van der Waals surface area contributed by atoms with Crippen molar-refractivity contribution >= 4 is 22.4 Å². The topological polar surface area (TPSA) is 75.9 Å².